The molecule has 0 aliphatic carbocycles. The Labute approximate surface area is 82.9 Å². The Morgan fingerprint density at radius 2 is 1.79 bits per heavy atom. The third kappa shape index (κ3) is 2.51. The Bertz CT molecular complexity index is 321. The molecule has 0 aliphatic heterocycles. The molecule has 78 valence electrons. The van der Waals surface area contributed by atoms with Gasteiger partial charge in [0.1, 0.15) is 11.6 Å². The Morgan fingerprint density at radius 1 is 1.21 bits per heavy atom. The molecule has 0 radical (unpaired) electrons. The predicted molar refractivity (Wildman–Crippen MR) is 53.1 cm³/mol. The number of hydrogen-bond acceptors (Lipinski definition) is 1. The molecule has 0 aliphatic rings. The van der Waals surface area contributed by atoms with Gasteiger partial charge in [-0.2, -0.15) is 0 Å². The fraction of sp³-hybridized carbons (Fsp3) is 0.455. The van der Waals surface area contributed by atoms with Crippen LogP contribution in [0.25, 0.3) is 0 Å². The third-order valence-electron chi connectivity index (χ3n) is 2.14. The summed E-state index contributed by atoms with van der Waals surface area (Å²) in [5.41, 5.74) is 6.60. The average molecular weight is 199 g/mol. The number of halogens is 2. The third-order valence-corrected chi connectivity index (χ3v) is 2.14. The van der Waals surface area contributed by atoms with Crippen LogP contribution in [-0.4, -0.2) is 6.04 Å². The van der Waals surface area contributed by atoms with Crippen LogP contribution in [0.1, 0.15) is 25.0 Å². The molecule has 1 aromatic carbocycles. The van der Waals surface area contributed by atoms with Gasteiger partial charge in [-0.05, 0) is 37.0 Å². The fourth-order valence-corrected chi connectivity index (χ4v) is 1.42. The molecule has 0 bridgehead atoms. The summed E-state index contributed by atoms with van der Waals surface area (Å²) in [6, 6.07) is 2.39. The molecule has 0 spiro atoms. The van der Waals surface area contributed by atoms with Crippen LogP contribution in [0.15, 0.2) is 12.1 Å². The fourth-order valence-electron chi connectivity index (χ4n) is 1.42. The molecule has 0 saturated heterocycles. The molecule has 3 heteroatoms. The highest BCUT2D eigenvalue weighted by Gasteiger charge is 2.09. The maximum Gasteiger partial charge on any atom is 0.129 e. The lowest BCUT2D eigenvalue weighted by atomic mass is 10.0. The van der Waals surface area contributed by atoms with Crippen LogP contribution in [0, 0.1) is 11.6 Å². The Balaban J connectivity index is 3.04. The van der Waals surface area contributed by atoms with E-state index in [2.05, 4.69) is 0 Å². The maximum atomic E-state index is 13.2. The monoisotopic (exact) mass is 199 g/mol. The minimum atomic E-state index is -0.503. The summed E-state index contributed by atoms with van der Waals surface area (Å²) >= 11 is 0. The smallest absolute Gasteiger partial charge is 0.129 e. The van der Waals surface area contributed by atoms with Gasteiger partial charge in [-0.25, -0.2) is 8.78 Å². The van der Waals surface area contributed by atoms with Gasteiger partial charge in [0.15, 0.2) is 0 Å². The molecule has 2 N–H and O–H groups in total. The minimum absolute atomic E-state index is 0.111. The van der Waals surface area contributed by atoms with Crippen molar-refractivity contribution in [2.75, 3.05) is 0 Å². The van der Waals surface area contributed by atoms with E-state index in [-0.39, 0.29) is 6.04 Å². The van der Waals surface area contributed by atoms with E-state index < -0.39 is 11.6 Å². The molecule has 1 nitrogen and oxygen atoms in total. The summed E-state index contributed by atoms with van der Waals surface area (Å²) in [7, 11) is 0. The minimum Gasteiger partial charge on any atom is -0.328 e. The number of aryl methyl sites for hydroxylation is 1. The molecule has 0 saturated carbocycles. The highest BCUT2D eigenvalue weighted by atomic mass is 19.1. The molecule has 14 heavy (non-hydrogen) atoms. The molecular formula is C11H15F2N. The van der Waals surface area contributed by atoms with Gasteiger partial charge in [0, 0.05) is 12.1 Å². The van der Waals surface area contributed by atoms with E-state index >= 15 is 0 Å². The normalized spacial score (nSPS) is 12.9. The van der Waals surface area contributed by atoms with E-state index in [0.717, 1.165) is 6.07 Å². The van der Waals surface area contributed by atoms with E-state index in [1.807, 2.05) is 6.92 Å². The van der Waals surface area contributed by atoms with Crippen LogP contribution in [0.2, 0.25) is 0 Å². The first-order chi connectivity index (χ1) is 6.54. The molecule has 1 atom stereocenters. The van der Waals surface area contributed by atoms with Crippen LogP contribution in [0.4, 0.5) is 8.78 Å². The lowest BCUT2D eigenvalue weighted by molar-refractivity contribution is 0.556. The van der Waals surface area contributed by atoms with Gasteiger partial charge in [-0.15, -0.1) is 0 Å². The SMILES string of the molecule is CCc1cc(CC(C)N)c(F)cc1F. The van der Waals surface area contributed by atoms with Crippen LogP contribution in [0.5, 0.6) is 0 Å². The number of hydrogen-bond donors (Lipinski definition) is 1. The Kier molecular flexibility index (Phi) is 3.58. The van der Waals surface area contributed by atoms with Gasteiger partial charge in [-0.3, -0.25) is 0 Å². The standard InChI is InChI=1S/C11H15F2N/c1-3-8-5-9(4-7(2)14)11(13)6-10(8)12/h5-7H,3-4,14H2,1-2H3. The second-order valence-electron chi connectivity index (χ2n) is 3.57. The van der Waals surface area contributed by atoms with Crippen LogP contribution in [-0.2, 0) is 12.8 Å². The van der Waals surface area contributed by atoms with Crippen LogP contribution in [0.3, 0.4) is 0 Å². The zero-order chi connectivity index (χ0) is 10.7. The first-order valence-electron chi connectivity index (χ1n) is 4.77. The number of rotatable bonds is 3. The summed E-state index contributed by atoms with van der Waals surface area (Å²) < 4.78 is 26.3. The highest BCUT2D eigenvalue weighted by Crippen LogP contribution is 2.16. The van der Waals surface area contributed by atoms with E-state index in [1.165, 1.54) is 0 Å². The van der Waals surface area contributed by atoms with Crippen molar-refractivity contribution >= 4 is 0 Å². The van der Waals surface area contributed by atoms with Gasteiger partial charge in [0.05, 0.1) is 0 Å². The summed E-state index contributed by atoms with van der Waals surface area (Å²) in [5.74, 6) is -0.976. The molecule has 1 rings (SSSR count). The lowest BCUT2D eigenvalue weighted by Gasteiger charge is -2.09. The highest BCUT2D eigenvalue weighted by molar-refractivity contribution is 5.27. The molecule has 0 heterocycles. The zero-order valence-electron chi connectivity index (χ0n) is 8.48. The molecule has 1 unspecified atom stereocenters. The van der Waals surface area contributed by atoms with Gasteiger partial charge in [0.25, 0.3) is 0 Å². The van der Waals surface area contributed by atoms with Crippen LogP contribution >= 0.6 is 0 Å². The average Bonchev–Trinajstić information content (AvgIpc) is 2.09. The second kappa shape index (κ2) is 4.51. The van der Waals surface area contributed by atoms with Gasteiger partial charge in [0.2, 0.25) is 0 Å². The van der Waals surface area contributed by atoms with E-state index in [4.69, 9.17) is 5.73 Å². The van der Waals surface area contributed by atoms with Crippen molar-refractivity contribution in [2.24, 2.45) is 5.73 Å². The van der Waals surface area contributed by atoms with Gasteiger partial charge < -0.3 is 5.73 Å². The van der Waals surface area contributed by atoms with E-state index in [9.17, 15) is 8.78 Å². The topological polar surface area (TPSA) is 26.0 Å². The van der Waals surface area contributed by atoms with Gasteiger partial charge in [-0.1, -0.05) is 6.92 Å². The number of nitrogens with two attached hydrogens (primary N) is 1. The van der Waals surface area contributed by atoms with Crippen LogP contribution < -0.4 is 5.73 Å². The molecule has 1 aromatic rings. The summed E-state index contributed by atoms with van der Waals surface area (Å²) in [5, 5.41) is 0. The Morgan fingerprint density at radius 3 is 2.29 bits per heavy atom. The first-order valence-corrected chi connectivity index (χ1v) is 4.77. The van der Waals surface area contributed by atoms with Crippen molar-refractivity contribution in [2.45, 2.75) is 32.7 Å². The summed E-state index contributed by atoms with van der Waals surface area (Å²) in [6.45, 7) is 3.64. The zero-order valence-corrected chi connectivity index (χ0v) is 8.48. The molecule has 0 fully saturated rings. The second-order valence-corrected chi connectivity index (χ2v) is 3.57. The van der Waals surface area contributed by atoms with Gasteiger partial charge >= 0.3 is 0 Å². The van der Waals surface area contributed by atoms with Crippen molar-refractivity contribution in [3.8, 4) is 0 Å². The quantitative estimate of drug-likeness (QED) is 0.794. The first kappa shape index (κ1) is 11.1. The molecular weight excluding hydrogens is 184 g/mol. The maximum absolute atomic E-state index is 13.2. The van der Waals surface area contributed by atoms with Crippen molar-refractivity contribution < 1.29 is 8.78 Å². The summed E-state index contributed by atoms with van der Waals surface area (Å²) in [4.78, 5) is 0. The van der Waals surface area contributed by atoms with Crippen molar-refractivity contribution in [3.63, 3.8) is 0 Å². The van der Waals surface area contributed by atoms with Crippen molar-refractivity contribution in [1.82, 2.24) is 0 Å². The predicted octanol–water partition coefficient (Wildman–Crippen LogP) is 2.42. The molecule has 0 amide bonds. The van der Waals surface area contributed by atoms with Crippen molar-refractivity contribution in [1.29, 1.82) is 0 Å². The van der Waals surface area contributed by atoms with E-state index in [1.54, 1.807) is 13.0 Å². The molecule has 0 aromatic heterocycles. The van der Waals surface area contributed by atoms with E-state index in [0.29, 0.717) is 24.0 Å². The number of benzene rings is 1. The Hall–Kier alpha value is -0.960. The largest absolute Gasteiger partial charge is 0.328 e. The summed E-state index contributed by atoms with van der Waals surface area (Å²) in [6.07, 6.45) is 1.01. The lowest BCUT2D eigenvalue weighted by Crippen LogP contribution is -2.18. The van der Waals surface area contributed by atoms with Crippen molar-refractivity contribution in [3.05, 3.63) is 34.9 Å².